The molecule has 0 aliphatic carbocycles. The predicted octanol–water partition coefficient (Wildman–Crippen LogP) is -0.496. The molecule has 1 atom stereocenters. The van der Waals surface area contributed by atoms with Crippen molar-refractivity contribution in [2.24, 2.45) is 0 Å². The van der Waals surface area contributed by atoms with Gasteiger partial charge in [-0.1, -0.05) is 0 Å². The van der Waals surface area contributed by atoms with E-state index < -0.39 is 0 Å². The lowest BCUT2D eigenvalue weighted by Crippen LogP contribution is -2.50. The molecular formula is C14H21N5O2. The van der Waals surface area contributed by atoms with Crippen LogP contribution in [0, 0.1) is 0 Å². The highest BCUT2D eigenvalue weighted by molar-refractivity contribution is 5.77. The summed E-state index contributed by atoms with van der Waals surface area (Å²) in [5.41, 5.74) is 0. The second-order valence-corrected chi connectivity index (χ2v) is 5.32. The van der Waals surface area contributed by atoms with E-state index in [1.54, 1.807) is 12.4 Å². The molecule has 1 aromatic rings. The SMILES string of the molecule is O=C(CC1CNCCO1)N1CCN(c2ncccn2)CC1. The average Bonchev–Trinajstić information content (AvgIpc) is 2.57. The molecule has 114 valence electrons. The molecule has 0 aromatic carbocycles. The molecule has 3 rings (SSSR count). The highest BCUT2D eigenvalue weighted by atomic mass is 16.5. The van der Waals surface area contributed by atoms with Gasteiger partial charge in [0.15, 0.2) is 0 Å². The summed E-state index contributed by atoms with van der Waals surface area (Å²) in [4.78, 5) is 24.8. The first-order chi connectivity index (χ1) is 10.3. The number of hydrogen-bond acceptors (Lipinski definition) is 6. The van der Waals surface area contributed by atoms with Crippen LogP contribution in [0.2, 0.25) is 0 Å². The van der Waals surface area contributed by atoms with Gasteiger partial charge in [-0.2, -0.15) is 0 Å². The Morgan fingerprint density at radius 1 is 1.29 bits per heavy atom. The van der Waals surface area contributed by atoms with Gasteiger partial charge in [0.1, 0.15) is 0 Å². The minimum Gasteiger partial charge on any atom is -0.375 e. The van der Waals surface area contributed by atoms with E-state index in [9.17, 15) is 4.79 Å². The Morgan fingerprint density at radius 2 is 2.05 bits per heavy atom. The molecule has 1 aromatic heterocycles. The molecule has 2 saturated heterocycles. The van der Waals surface area contributed by atoms with Crippen LogP contribution in [0.4, 0.5) is 5.95 Å². The van der Waals surface area contributed by atoms with Gasteiger partial charge in [0.25, 0.3) is 0 Å². The van der Waals surface area contributed by atoms with Crippen molar-refractivity contribution in [3.8, 4) is 0 Å². The van der Waals surface area contributed by atoms with Gasteiger partial charge in [-0.05, 0) is 6.07 Å². The number of rotatable bonds is 3. The van der Waals surface area contributed by atoms with E-state index in [2.05, 4.69) is 20.2 Å². The minimum atomic E-state index is 0.0155. The van der Waals surface area contributed by atoms with Crippen molar-refractivity contribution in [2.75, 3.05) is 50.8 Å². The number of anilines is 1. The number of ether oxygens (including phenoxy) is 1. The van der Waals surface area contributed by atoms with Gasteiger partial charge in [0.05, 0.1) is 19.1 Å². The first-order valence-electron chi connectivity index (χ1n) is 7.45. The Hall–Kier alpha value is -1.73. The molecule has 21 heavy (non-hydrogen) atoms. The van der Waals surface area contributed by atoms with E-state index in [-0.39, 0.29) is 12.0 Å². The number of carbonyl (C=O) groups excluding carboxylic acids is 1. The molecule has 0 bridgehead atoms. The fourth-order valence-corrected chi connectivity index (χ4v) is 2.69. The van der Waals surface area contributed by atoms with Crippen LogP contribution in [-0.2, 0) is 9.53 Å². The number of aromatic nitrogens is 2. The number of nitrogens with zero attached hydrogens (tertiary/aromatic N) is 4. The molecule has 2 aliphatic heterocycles. The third-order valence-corrected chi connectivity index (χ3v) is 3.87. The second kappa shape index (κ2) is 6.82. The quantitative estimate of drug-likeness (QED) is 0.810. The van der Waals surface area contributed by atoms with Crippen LogP contribution < -0.4 is 10.2 Å². The third kappa shape index (κ3) is 3.68. The van der Waals surface area contributed by atoms with Gasteiger partial charge in [-0.15, -0.1) is 0 Å². The molecule has 7 heteroatoms. The lowest BCUT2D eigenvalue weighted by atomic mass is 10.2. The monoisotopic (exact) mass is 291 g/mol. The summed E-state index contributed by atoms with van der Waals surface area (Å²) in [7, 11) is 0. The maximum absolute atomic E-state index is 12.3. The van der Waals surface area contributed by atoms with Crippen LogP contribution in [0.15, 0.2) is 18.5 Å². The largest absolute Gasteiger partial charge is 0.375 e. The Labute approximate surface area is 124 Å². The number of amides is 1. The molecular weight excluding hydrogens is 270 g/mol. The van der Waals surface area contributed by atoms with E-state index in [4.69, 9.17) is 4.74 Å². The smallest absolute Gasteiger partial charge is 0.225 e. The van der Waals surface area contributed by atoms with Gasteiger partial charge in [0.2, 0.25) is 11.9 Å². The highest BCUT2D eigenvalue weighted by Gasteiger charge is 2.25. The Morgan fingerprint density at radius 3 is 2.71 bits per heavy atom. The van der Waals surface area contributed by atoms with Gasteiger partial charge in [0, 0.05) is 51.7 Å². The van der Waals surface area contributed by atoms with Crippen molar-refractivity contribution >= 4 is 11.9 Å². The molecule has 1 N–H and O–H groups in total. The van der Waals surface area contributed by atoms with Crippen LogP contribution in [-0.4, -0.2) is 72.8 Å². The zero-order valence-electron chi connectivity index (χ0n) is 12.1. The minimum absolute atomic E-state index is 0.0155. The zero-order valence-corrected chi connectivity index (χ0v) is 12.1. The Bertz CT molecular complexity index is 456. The van der Waals surface area contributed by atoms with E-state index in [0.29, 0.717) is 13.0 Å². The lowest BCUT2D eigenvalue weighted by Gasteiger charge is -2.35. The molecule has 2 aliphatic rings. The standard InChI is InChI=1S/C14H21N5O2/c20-13(10-12-11-15-4-9-21-12)18-5-7-19(8-6-18)14-16-2-1-3-17-14/h1-3,12,15H,4-11H2. The van der Waals surface area contributed by atoms with Crippen LogP contribution >= 0.6 is 0 Å². The van der Waals surface area contributed by atoms with Gasteiger partial charge >= 0.3 is 0 Å². The fraction of sp³-hybridized carbons (Fsp3) is 0.643. The summed E-state index contributed by atoms with van der Waals surface area (Å²) in [6.45, 7) is 5.33. The Kier molecular flexibility index (Phi) is 4.62. The number of hydrogen-bond donors (Lipinski definition) is 1. The van der Waals surface area contributed by atoms with Crippen molar-refractivity contribution in [3.05, 3.63) is 18.5 Å². The van der Waals surface area contributed by atoms with Gasteiger partial charge < -0.3 is 19.9 Å². The van der Waals surface area contributed by atoms with E-state index in [0.717, 1.165) is 45.2 Å². The van der Waals surface area contributed by atoms with E-state index in [1.807, 2.05) is 11.0 Å². The van der Waals surface area contributed by atoms with Crippen molar-refractivity contribution in [1.82, 2.24) is 20.2 Å². The average molecular weight is 291 g/mol. The third-order valence-electron chi connectivity index (χ3n) is 3.87. The summed E-state index contributed by atoms with van der Waals surface area (Å²) >= 11 is 0. The van der Waals surface area contributed by atoms with Crippen molar-refractivity contribution in [3.63, 3.8) is 0 Å². The van der Waals surface area contributed by atoms with Crippen LogP contribution in [0.5, 0.6) is 0 Å². The summed E-state index contributed by atoms with van der Waals surface area (Å²) < 4.78 is 5.59. The maximum atomic E-state index is 12.3. The summed E-state index contributed by atoms with van der Waals surface area (Å²) in [5.74, 6) is 0.918. The molecule has 1 amide bonds. The molecule has 1 unspecified atom stereocenters. The molecule has 3 heterocycles. The van der Waals surface area contributed by atoms with Crippen molar-refractivity contribution in [2.45, 2.75) is 12.5 Å². The highest BCUT2D eigenvalue weighted by Crippen LogP contribution is 2.12. The lowest BCUT2D eigenvalue weighted by molar-refractivity contribution is -0.135. The summed E-state index contributed by atoms with van der Waals surface area (Å²) in [6, 6.07) is 1.81. The van der Waals surface area contributed by atoms with E-state index >= 15 is 0 Å². The first kappa shape index (κ1) is 14.2. The summed E-state index contributed by atoms with van der Waals surface area (Å²) in [5, 5.41) is 3.25. The predicted molar refractivity (Wildman–Crippen MR) is 78.1 cm³/mol. The van der Waals surface area contributed by atoms with Crippen molar-refractivity contribution < 1.29 is 9.53 Å². The summed E-state index contributed by atoms with van der Waals surface area (Å²) in [6.07, 6.45) is 3.97. The first-order valence-corrected chi connectivity index (χ1v) is 7.45. The van der Waals surface area contributed by atoms with Crippen LogP contribution in [0.25, 0.3) is 0 Å². The second-order valence-electron chi connectivity index (χ2n) is 5.32. The number of piperazine rings is 1. The fourth-order valence-electron chi connectivity index (χ4n) is 2.69. The Balaban J connectivity index is 1.47. The number of nitrogens with one attached hydrogen (secondary N) is 1. The zero-order chi connectivity index (χ0) is 14.5. The molecule has 0 radical (unpaired) electrons. The topological polar surface area (TPSA) is 70.6 Å². The van der Waals surface area contributed by atoms with E-state index in [1.165, 1.54) is 0 Å². The van der Waals surface area contributed by atoms with Crippen molar-refractivity contribution in [1.29, 1.82) is 0 Å². The molecule has 7 nitrogen and oxygen atoms in total. The molecule has 0 spiro atoms. The molecule has 2 fully saturated rings. The van der Waals surface area contributed by atoms with Gasteiger partial charge in [-0.25, -0.2) is 9.97 Å². The number of carbonyl (C=O) groups is 1. The van der Waals surface area contributed by atoms with Crippen LogP contribution in [0.1, 0.15) is 6.42 Å². The van der Waals surface area contributed by atoms with Gasteiger partial charge in [-0.3, -0.25) is 4.79 Å². The normalized spacial score (nSPS) is 23.1. The number of morpholine rings is 1. The molecule has 0 saturated carbocycles. The maximum Gasteiger partial charge on any atom is 0.225 e. The van der Waals surface area contributed by atoms with Crippen LogP contribution in [0.3, 0.4) is 0 Å².